The number of furan rings is 1. The van der Waals surface area contributed by atoms with Crippen LogP contribution in [0.5, 0.6) is 11.5 Å². The molecular weight excluding hydrogens is 194 g/mol. The number of benzene rings is 1. The fourth-order valence-electron chi connectivity index (χ4n) is 1.64. The summed E-state index contributed by atoms with van der Waals surface area (Å²) >= 11 is 0. The van der Waals surface area contributed by atoms with E-state index in [4.69, 9.17) is 19.6 Å². The molecule has 0 bridgehead atoms. The van der Waals surface area contributed by atoms with Crippen LogP contribution in [0.25, 0.3) is 11.0 Å². The minimum absolute atomic E-state index is 0.307. The smallest absolute Gasteiger partial charge is 0.180 e. The molecule has 1 aromatic carbocycles. The highest BCUT2D eigenvalue weighted by atomic mass is 16.5. The summed E-state index contributed by atoms with van der Waals surface area (Å²) in [7, 11) is 3.20. The molecule has 0 amide bonds. The van der Waals surface area contributed by atoms with E-state index < -0.39 is 0 Å². The molecule has 2 N–H and O–H groups in total. The lowest BCUT2D eigenvalue weighted by Gasteiger charge is -1.99. The molecule has 0 saturated carbocycles. The Balaban J connectivity index is 2.75. The zero-order valence-electron chi connectivity index (χ0n) is 8.74. The van der Waals surface area contributed by atoms with E-state index in [1.807, 2.05) is 18.2 Å². The zero-order valence-corrected chi connectivity index (χ0v) is 8.74. The third-order valence-electron chi connectivity index (χ3n) is 2.31. The van der Waals surface area contributed by atoms with Gasteiger partial charge in [0.05, 0.1) is 26.2 Å². The van der Waals surface area contributed by atoms with E-state index in [0.717, 1.165) is 5.39 Å². The molecule has 0 aliphatic heterocycles. The van der Waals surface area contributed by atoms with Crippen LogP contribution in [-0.4, -0.2) is 14.2 Å². The van der Waals surface area contributed by atoms with E-state index in [2.05, 4.69) is 0 Å². The SMILES string of the molecule is COc1c(CN)oc2c(OC)cccc12. The molecule has 15 heavy (non-hydrogen) atoms. The first-order valence-electron chi connectivity index (χ1n) is 4.64. The molecule has 0 unspecified atom stereocenters. The quantitative estimate of drug-likeness (QED) is 0.835. The summed E-state index contributed by atoms with van der Waals surface area (Å²) < 4.78 is 16.0. The van der Waals surface area contributed by atoms with Crippen LogP contribution in [0.4, 0.5) is 0 Å². The van der Waals surface area contributed by atoms with Gasteiger partial charge in [0.15, 0.2) is 22.8 Å². The molecule has 0 fully saturated rings. The van der Waals surface area contributed by atoms with Gasteiger partial charge in [0.1, 0.15) is 0 Å². The highest BCUT2D eigenvalue weighted by Crippen LogP contribution is 2.37. The maximum Gasteiger partial charge on any atom is 0.180 e. The van der Waals surface area contributed by atoms with Crippen molar-refractivity contribution in [2.45, 2.75) is 6.54 Å². The van der Waals surface area contributed by atoms with Crippen molar-refractivity contribution >= 4 is 11.0 Å². The predicted octanol–water partition coefficient (Wildman–Crippen LogP) is 1.91. The number of ether oxygens (including phenoxy) is 2. The molecule has 0 atom stereocenters. The van der Waals surface area contributed by atoms with Crippen LogP contribution >= 0.6 is 0 Å². The Labute approximate surface area is 87.6 Å². The number of nitrogens with two attached hydrogens (primary N) is 1. The lowest BCUT2D eigenvalue weighted by molar-refractivity contribution is 0.391. The van der Waals surface area contributed by atoms with E-state index in [-0.39, 0.29) is 0 Å². The van der Waals surface area contributed by atoms with Crippen molar-refractivity contribution in [3.63, 3.8) is 0 Å². The fraction of sp³-hybridized carbons (Fsp3) is 0.273. The second-order valence-corrected chi connectivity index (χ2v) is 3.10. The summed E-state index contributed by atoms with van der Waals surface area (Å²) in [5.74, 6) is 2.01. The van der Waals surface area contributed by atoms with Crippen molar-refractivity contribution in [2.75, 3.05) is 14.2 Å². The molecule has 2 rings (SSSR count). The predicted molar refractivity (Wildman–Crippen MR) is 57.2 cm³/mol. The normalized spacial score (nSPS) is 10.6. The van der Waals surface area contributed by atoms with Gasteiger partial charge in [-0.05, 0) is 12.1 Å². The van der Waals surface area contributed by atoms with Crippen molar-refractivity contribution in [3.05, 3.63) is 24.0 Å². The Bertz CT molecular complexity index is 476. The topological polar surface area (TPSA) is 57.6 Å². The highest BCUT2D eigenvalue weighted by Gasteiger charge is 2.16. The molecule has 1 heterocycles. The van der Waals surface area contributed by atoms with Gasteiger partial charge < -0.3 is 19.6 Å². The van der Waals surface area contributed by atoms with Crippen LogP contribution in [0.15, 0.2) is 22.6 Å². The van der Waals surface area contributed by atoms with Gasteiger partial charge in [0.25, 0.3) is 0 Å². The minimum Gasteiger partial charge on any atom is -0.493 e. The zero-order chi connectivity index (χ0) is 10.8. The van der Waals surface area contributed by atoms with E-state index in [1.54, 1.807) is 14.2 Å². The fourth-order valence-corrected chi connectivity index (χ4v) is 1.64. The Morgan fingerprint density at radius 3 is 2.67 bits per heavy atom. The number of methoxy groups -OCH3 is 2. The number of fused-ring (bicyclic) bond motifs is 1. The first-order chi connectivity index (χ1) is 7.31. The van der Waals surface area contributed by atoms with E-state index in [0.29, 0.717) is 29.4 Å². The maximum absolute atomic E-state index is 5.59. The van der Waals surface area contributed by atoms with Crippen molar-refractivity contribution in [1.29, 1.82) is 0 Å². The molecule has 0 saturated heterocycles. The largest absolute Gasteiger partial charge is 0.493 e. The van der Waals surface area contributed by atoms with Gasteiger partial charge in [-0.2, -0.15) is 0 Å². The van der Waals surface area contributed by atoms with Crippen LogP contribution in [0.2, 0.25) is 0 Å². The summed E-state index contributed by atoms with van der Waals surface area (Å²) in [4.78, 5) is 0. The van der Waals surface area contributed by atoms with Crippen molar-refractivity contribution in [1.82, 2.24) is 0 Å². The summed E-state index contributed by atoms with van der Waals surface area (Å²) in [5, 5.41) is 0.886. The summed E-state index contributed by atoms with van der Waals surface area (Å²) in [6.07, 6.45) is 0. The molecule has 0 radical (unpaired) electrons. The Hall–Kier alpha value is -1.68. The second kappa shape index (κ2) is 3.82. The molecule has 80 valence electrons. The minimum atomic E-state index is 0.307. The van der Waals surface area contributed by atoms with Gasteiger partial charge in [0, 0.05) is 0 Å². The van der Waals surface area contributed by atoms with Gasteiger partial charge >= 0.3 is 0 Å². The van der Waals surface area contributed by atoms with Gasteiger partial charge in [-0.1, -0.05) is 6.07 Å². The third-order valence-corrected chi connectivity index (χ3v) is 2.31. The Morgan fingerprint density at radius 2 is 2.07 bits per heavy atom. The molecule has 0 spiro atoms. The van der Waals surface area contributed by atoms with Crippen LogP contribution in [0.3, 0.4) is 0 Å². The maximum atomic E-state index is 5.59. The Kier molecular flexibility index (Phi) is 2.51. The second-order valence-electron chi connectivity index (χ2n) is 3.10. The van der Waals surface area contributed by atoms with E-state index >= 15 is 0 Å². The van der Waals surface area contributed by atoms with E-state index in [1.165, 1.54) is 0 Å². The summed E-state index contributed by atoms with van der Waals surface area (Å²) in [5.41, 5.74) is 6.25. The summed E-state index contributed by atoms with van der Waals surface area (Å²) in [6, 6.07) is 5.64. The van der Waals surface area contributed by atoms with E-state index in [9.17, 15) is 0 Å². The average molecular weight is 207 g/mol. The first kappa shape index (κ1) is 9.86. The molecule has 4 heteroatoms. The van der Waals surface area contributed by atoms with Crippen LogP contribution in [0, 0.1) is 0 Å². The highest BCUT2D eigenvalue weighted by molar-refractivity contribution is 5.89. The third kappa shape index (κ3) is 1.43. The van der Waals surface area contributed by atoms with Gasteiger partial charge in [0.2, 0.25) is 0 Å². The van der Waals surface area contributed by atoms with Crippen LogP contribution in [-0.2, 0) is 6.54 Å². The van der Waals surface area contributed by atoms with Crippen molar-refractivity contribution in [3.8, 4) is 11.5 Å². The average Bonchev–Trinajstić information content (AvgIpc) is 2.66. The number of para-hydroxylation sites is 1. The number of rotatable bonds is 3. The number of hydrogen-bond acceptors (Lipinski definition) is 4. The van der Waals surface area contributed by atoms with Gasteiger partial charge in [-0.15, -0.1) is 0 Å². The van der Waals surface area contributed by atoms with Crippen LogP contribution < -0.4 is 15.2 Å². The van der Waals surface area contributed by atoms with Gasteiger partial charge in [-0.3, -0.25) is 0 Å². The molecule has 0 aliphatic carbocycles. The monoisotopic (exact) mass is 207 g/mol. The first-order valence-corrected chi connectivity index (χ1v) is 4.64. The summed E-state index contributed by atoms with van der Waals surface area (Å²) in [6.45, 7) is 0.307. The molecule has 0 aliphatic rings. The molecule has 2 aromatic rings. The van der Waals surface area contributed by atoms with Gasteiger partial charge in [-0.25, -0.2) is 0 Å². The number of hydrogen-bond donors (Lipinski definition) is 1. The lowest BCUT2D eigenvalue weighted by Crippen LogP contribution is -1.96. The van der Waals surface area contributed by atoms with Crippen molar-refractivity contribution < 1.29 is 13.9 Å². The molecular formula is C11H13NO3. The molecule has 1 aromatic heterocycles. The lowest BCUT2D eigenvalue weighted by atomic mass is 10.2. The Morgan fingerprint density at radius 1 is 1.27 bits per heavy atom. The van der Waals surface area contributed by atoms with Crippen LogP contribution in [0.1, 0.15) is 5.76 Å². The van der Waals surface area contributed by atoms with Crippen molar-refractivity contribution in [2.24, 2.45) is 5.73 Å². The molecule has 4 nitrogen and oxygen atoms in total. The standard InChI is InChI=1S/C11H13NO3/c1-13-8-5-3-4-7-10(14-2)9(6-12)15-11(7)8/h3-5H,6,12H2,1-2H3.